The number of ketones is 1. The van der Waals surface area contributed by atoms with E-state index in [0.29, 0.717) is 17.0 Å². The number of benzene rings is 2. The van der Waals surface area contributed by atoms with Crippen LogP contribution in [0.2, 0.25) is 0 Å². The number of aromatic nitrogens is 5. The summed E-state index contributed by atoms with van der Waals surface area (Å²) in [5.74, 6) is -0.783. The third-order valence-corrected chi connectivity index (χ3v) is 5.41. The molecule has 0 radical (unpaired) electrons. The topological polar surface area (TPSA) is 121 Å². The van der Waals surface area contributed by atoms with Gasteiger partial charge in [-0.3, -0.25) is 18.7 Å². The molecule has 10 heteroatoms. The molecular weight excluding hydrogens is 450 g/mol. The van der Waals surface area contributed by atoms with Crippen molar-refractivity contribution in [2.45, 2.75) is 13.5 Å². The van der Waals surface area contributed by atoms with E-state index in [-0.39, 0.29) is 6.61 Å². The minimum absolute atomic E-state index is 0.231. The smallest absolute Gasteiger partial charge is 0.333 e. The van der Waals surface area contributed by atoms with E-state index in [1.807, 2.05) is 31.2 Å². The fourth-order valence-corrected chi connectivity index (χ4v) is 3.33. The number of allylic oxidation sites excluding steroid dienone is 1. The second-order valence-corrected chi connectivity index (χ2v) is 7.95. The minimum Gasteiger partial charge on any atom is -0.494 e. The molecule has 178 valence electrons. The molecule has 0 aliphatic carbocycles. The van der Waals surface area contributed by atoms with Gasteiger partial charge in [-0.2, -0.15) is 0 Å². The third-order valence-electron chi connectivity index (χ3n) is 5.41. The van der Waals surface area contributed by atoms with Crippen molar-refractivity contribution in [3.63, 3.8) is 0 Å². The molecule has 0 amide bonds. The molecule has 2 aromatic carbocycles. The molecular formula is C25H23N5O5. The van der Waals surface area contributed by atoms with Crippen molar-refractivity contribution in [3.8, 4) is 17.3 Å². The first-order valence-corrected chi connectivity index (χ1v) is 10.7. The number of rotatable bonds is 7. The van der Waals surface area contributed by atoms with E-state index in [0.717, 1.165) is 20.4 Å². The second-order valence-electron chi connectivity index (χ2n) is 7.95. The van der Waals surface area contributed by atoms with Crippen LogP contribution in [0.4, 0.5) is 0 Å². The molecule has 35 heavy (non-hydrogen) atoms. The van der Waals surface area contributed by atoms with Gasteiger partial charge in [0.2, 0.25) is 5.88 Å². The van der Waals surface area contributed by atoms with Crippen LogP contribution in [0.3, 0.4) is 0 Å². The highest BCUT2D eigenvalue weighted by Gasteiger charge is 2.19. The van der Waals surface area contributed by atoms with Crippen molar-refractivity contribution in [1.29, 1.82) is 0 Å². The number of hydrogen-bond donors (Lipinski definition) is 1. The maximum absolute atomic E-state index is 12.5. The summed E-state index contributed by atoms with van der Waals surface area (Å²) in [7, 11) is 2.52. The van der Waals surface area contributed by atoms with E-state index in [2.05, 4.69) is 10.3 Å². The molecule has 0 bridgehead atoms. The standard InChI is InChI=1S/C25H23N5O5/c1-16-4-9-19(10-5-16)30-14-18(26-27-30)15-35-20-11-6-17(7-12-20)8-13-21(31)22-23(32)28(2)25(34)29(3)24(22)33/h4-14,32H,15H2,1-3H3/b13-8+. The zero-order valence-electron chi connectivity index (χ0n) is 19.4. The van der Waals surface area contributed by atoms with E-state index >= 15 is 0 Å². The summed E-state index contributed by atoms with van der Waals surface area (Å²) in [5.41, 5.74) is 1.36. The Kier molecular flexibility index (Phi) is 6.45. The van der Waals surface area contributed by atoms with Crippen LogP contribution in [0, 0.1) is 6.92 Å². The normalized spacial score (nSPS) is 11.2. The Balaban J connectivity index is 1.40. The molecule has 0 saturated carbocycles. The highest BCUT2D eigenvalue weighted by atomic mass is 16.5. The van der Waals surface area contributed by atoms with Crippen LogP contribution in [0.15, 0.2) is 70.4 Å². The summed E-state index contributed by atoms with van der Waals surface area (Å²) in [4.78, 5) is 36.6. The molecule has 4 rings (SSSR count). The molecule has 0 unspecified atom stereocenters. The average molecular weight is 473 g/mol. The molecule has 0 aliphatic heterocycles. The molecule has 0 saturated heterocycles. The summed E-state index contributed by atoms with van der Waals surface area (Å²) in [6.07, 6.45) is 4.47. The van der Waals surface area contributed by atoms with E-state index in [1.165, 1.54) is 26.2 Å². The second kappa shape index (κ2) is 9.64. The first-order valence-electron chi connectivity index (χ1n) is 10.7. The zero-order valence-corrected chi connectivity index (χ0v) is 19.4. The van der Waals surface area contributed by atoms with Crippen molar-refractivity contribution < 1.29 is 14.6 Å². The summed E-state index contributed by atoms with van der Waals surface area (Å²) in [6.45, 7) is 2.25. The number of ether oxygens (including phenoxy) is 1. The number of carbonyl (C=O) groups is 1. The summed E-state index contributed by atoms with van der Waals surface area (Å²) < 4.78 is 9.05. The molecule has 2 aromatic heterocycles. The number of hydrogen-bond acceptors (Lipinski definition) is 7. The van der Waals surface area contributed by atoms with Gasteiger partial charge in [0, 0.05) is 14.1 Å². The zero-order chi connectivity index (χ0) is 25.1. The Bertz CT molecular complexity index is 1530. The fraction of sp³-hybridized carbons (Fsp3) is 0.160. The van der Waals surface area contributed by atoms with Gasteiger partial charge in [0.25, 0.3) is 5.56 Å². The fourth-order valence-electron chi connectivity index (χ4n) is 3.33. The lowest BCUT2D eigenvalue weighted by Gasteiger charge is -2.08. The van der Waals surface area contributed by atoms with Crippen molar-refractivity contribution in [3.05, 3.63) is 104 Å². The monoisotopic (exact) mass is 473 g/mol. The van der Waals surface area contributed by atoms with Gasteiger partial charge in [0.05, 0.1) is 11.9 Å². The van der Waals surface area contributed by atoms with Gasteiger partial charge in [0.15, 0.2) is 5.78 Å². The van der Waals surface area contributed by atoms with E-state index in [4.69, 9.17) is 4.74 Å². The first kappa shape index (κ1) is 23.4. The quantitative estimate of drug-likeness (QED) is 0.322. The highest BCUT2D eigenvalue weighted by Crippen LogP contribution is 2.16. The molecule has 0 fully saturated rings. The van der Waals surface area contributed by atoms with Crippen LogP contribution in [-0.2, 0) is 20.7 Å². The Morgan fingerprint density at radius 2 is 1.71 bits per heavy atom. The van der Waals surface area contributed by atoms with Gasteiger partial charge in [-0.15, -0.1) is 5.10 Å². The maximum atomic E-state index is 12.5. The Morgan fingerprint density at radius 1 is 1.03 bits per heavy atom. The van der Waals surface area contributed by atoms with Crippen molar-refractivity contribution in [1.82, 2.24) is 24.1 Å². The number of aryl methyl sites for hydroxylation is 1. The lowest BCUT2D eigenvalue weighted by atomic mass is 10.1. The lowest BCUT2D eigenvalue weighted by Crippen LogP contribution is -2.39. The van der Waals surface area contributed by atoms with Gasteiger partial charge in [-0.05, 0) is 42.8 Å². The van der Waals surface area contributed by atoms with E-state index in [9.17, 15) is 19.5 Å². The van der Waals surface area contributed by atoms with E-state index in [1.54, 1.807) is 35.1 Å². The van der Waals surface area contributed by atoms with Crippen LogP contribution in [0.5, 0.6) is 11.6 Å². The third kappa shape index (κ3) is 4.96. The van der Waals surface area contributed by atoms with Gasteiger partial charge >= 0.3 is 5.69 Å². The Hall–Kier alpha value is -4.73. The van der Waals surface area contributed by atoms with Crippen molar-refractivity contribution in [2.24, 2.45) is 14.1 Å². The van der Waals surface area contributed by atoms with Crippen LogP contribution >= 0.6 is 0 Å². The van der Waals surface area contributed by atoms with Gasteiger partial charge in [-0.25, -0.2) is 9.48 Å². The van der Waals surface area contributed by atoms with Gasteiger partial charge in [0.1, 0.15) is 23.6 Å². The predicted octanol–water partition coefficient (Wildman–Crippen LogP) is 2.15. The van der Waals surface area contributed by atoms with Crippen molar-refractivity contribution >= 4 is 11.9 Å². The summed E-state index contributed by atoms with van der Waals surface area (Å²) in [6, 6.07) is 14.9. The lowest BCUT2D eigenvalue weighted by molar-refractivity contribution is 0.104. The van der Waals surface area contributed by atoms with Crippen LogP contribution in [0.25, 0.3) is 11.8 Å². The predicted molar refractivity (Wildman–Crippen MR) is 129 cm³/mol. The molecule has 2 heterocycles. The highest BCUT2D eigenvalue weighted by molar-refractivity contribution is 6.08. The summed E-state index contributed by atoms with van der Waals surface area (Å²) in [5, 5.41) is 18.3. The number of aromatic hydroxyl groups is 1. The average Bonchev–Trinajstić information content (AvgIpc) is 3.34. The first-order chi connectivity index (χ1) is 16.7. The molecule has 0 aliphatic rings. The van der Waals surface area contributed by atoms with Gasteiger partial charge < -0.3 is 9.84 Å². The minimum atomic E-state index is -0.858. The molecule has 4 aromatic rings. The Labute approximate surface area is 200 Å². The maximum Gasteiger partial charge on any atom is 0.333 e. The van der Waals surface area contributed by atoms with Crippen LogP contribution < -0.4 is 16.0 Å². The molecule has 0 atom stereocenters. The molecule has 10 nitrogen and oxygen atoms in total. The summed E-state index contributed by atoms with van der Waals surface area (Å²) >= 11 is 0. The number of carbonyl (C=O) groups excluding carboxylic acids is 1. The van der Waals surface area contributed by atoms with E-state index < -0.39 is 28.5 Å². The van der Waals surface area contributed by atoms with Gasteiger partial charge in [-0.1, -0.05) is 41.1 Å². The Morgan fingerprint density at radius 3 is 2.40 bits per heavy atom. The number of nitrogens with zero attached hydrogens (tertiary/aromatic N) is 5. The van der Waals surface area contributed by atoms with Crippen LogP contribution in [0.1, 0.15) is 27.2 Å². The SMILES string of the molecule is Cc1ccc(-n2cc(COc3ccc(/C=C/C(=O)c4c(O)n(C)c(=O)n(C)c4=O)cc3)nn2)cc1. The van der Waals surface area contributed by atoms with Crippen LogP contribution in [-0.4, -0.2) is 35.0 Å². The largest absolute Gasteiger partial charge is 0.494 e. The molecule has 0 spiro atoms. The molecule has 1 N–H and O–H groups in total. The van der Waals surface area contributed by atoms with Crippen molar-refractivity contribution in [2.75, 3.05) is 0 Å².